The molecule has 1 atom stereocenters. The minimum Gasteiger partial charge on any atom is -0.476 e. The van der Waals surface area contributed by atoms with Crippen LogP contribution in [0.25, 0.3) is 0 Å². The molecule has 0 saturated carbocycles. The number of pyridine rings is 1. The zero-order valence-corrected chi connectivity index (χ0v) is 13.8. The third-order valence-corrected chi connectivity index (χ3v) is 4.46. The topological polar surface area (TPSA) is 73.7 Å². The first-order chi connectivity index (χ1) is 10.4. The van der Waals surface area contributed by atoms with Crippen LogP contribution in [0.4, 0.5) is 5.82 Å². The van der Waals surface area contributed by atoms with Crippen LogP contribution in [0.2, 0.25) is 5.02 Å². The van der Waals surface area contributed by atoms with Crippen LogP contribution in [0, 0.1) is 11.8 Å². The van der Waals surface area contributed by atoms with Gasteiger partial charge in [0.05, 0.1) is 11.1 Å². The van der Waals surface area contributed by atoms with Crippen molar-refractivity contribution in [2.24, 2.45) is 11.8 Å². The zero-order chi connectivity index (χ0) is 16.3. The number of nitrogens with zero attached hydrogens (tertiary/aromatic N) is 2. The standard InChI is InChI=1S/C16H23ClN2O3/c1-10(2)9-13(20)11-5-7-19(8-6-11)14-4-3-12(17)15(18-14)16(21)22/h3-4,10-11,13,20H,5-9H2,1-2H3,(H,21,22)/t13-/m1/s1. The molecule has 0 radical (unpaired) electrons. The molecule has 1 aromatic rings. The Kier molecular flexibility index (Phi) is 5.64. The zero-order valence-electron chi connectivity index (χ0n) is 13.0. The minimum absolute atomic E-state index is 0.110. The molecule has 0 spiro atoms. The molecule has 0 aliphatic carbocycles. The van der Waals surface area contributed by atoms with Gasteiger partial charge in [0.2, 0.25) is 0 Å². The fourth-order valence-corrected chi connectivity index (χ4v) is 3.13. The van der Waals surface area contributed by atoms with Gasteiger partial charge in [0.15, 0.2) is 5.69 Å². The van der Waals surface area contributed by atoms with E-state index in [9.17, 15) is 9.90 Å². The fraction of sp³-hybridized carbons (Fsp3) is 0.625. The second-order valence-corrected chi connectivity index (χ2v) is 6.73. The summed E-state index contributed by atoms with van der Waals surface area (Å²) in [5.74, 6) is 0.321. The van der Waals surface area contributed by atoms with Gasteiger partial charge < -0.3 is 15.1 Å². The summed E-state index contributed by atoms with van der Waals surface area (Å²) in [6.07, 6.45) is 2.35. The Bertz CT molecular complexity index is 528. The van der Waals surface area contributed by atoms with Gasteiger partial charge in [-0.3, -0.25) is 0 Å². The van der Waals surface area contributed by atoms with Gasteiger partial charge in [0, 0.05) is 13.1 Å². The van der Waals surface area contributed by atoms with Crippen LogP contribution in [0.15, 0.2) is 12.1 Å². The van der Waals surface area contributed by atoms with Gasteiger partial charge in [-0.1, -0.05) is 25.4 Å². The molecule has 1 saturated heterocycles. The number of aliphatic hydroxyl groups is 1. The molecule has 5 nitrogen and oxygen atoms in total. The van der Waals surface area contributed by atoms with Crippen molar-refractivity contribution in [1.82, 2.24) is 4.98 Å². The van der Waals surface area contributed by atoms with E-state index < -0.39 is 5.97 Å². The summed E-state index contributed by atoms with van der Waals surface area (Å²) >= 11 is 5.85. The maximum atomic E-state index is 11.1. The summed E-state index contributed by atoms with van der Waals surface area (Å²) < 4.78 is 0. The van der Waals surface area contributed by atoms with E-state index in [1.165, 1.54) is 0 Å². The number of carbonyl (C=O) groups is 1. The lowest BCUT2D eigenvalue weighted by Gasteiger charge is -2.35. The predicted octanol–water partition coefficient (Wildman–Crippen LogP) is 3.06. The molecule has 1 aromatic heterocycles. The smallest absolute Gasteiger partial charge is 0.356 e. The van der Waals surface area contributed by atoms with E-state index in [0.29, 0.717) is 17.7 Å². The molecule has 1 fully saturated rings. The molecule has 2 heterocycles. The second-order valence-electron chi connectivity index (χ2n) is 6.33. The maximum Gasteiger partial charge on any atom is 0.356 e. The summed E-state index contributed by atoms with van der Waals surface area (Å²) in [5, 5.41) is 19.5. The van der Waals surface area contributed by atoms with Crippen molar-refractivity contribution >= 4 is 23.4 Å². The van der Waals surface area contributed by atoms with Gasteiger partial charge in [-0.05, 0) is 43.2 Å². The van der Waals surface area contributed by atoms with Crippen molar-refractivity contribution < 1.29 is 15.0 Å². The van der Waals surface area contributed by atoms with E-state index in [2.05, 4.69) is 23.7 Å². The number of carboxylic acid groups (broad SMARTS) is 1. The molecule has 0 aromatic carbocycles. The maximum absolute atomic E-state index is 11.1. The highest BCUT2D eigenvalue weighted by Crippen LogP contribution is 2.28. The lowest BCUT2D eigenvalue weighted by Crippen LogP contribution is -2.38. The third-order valence-electron chi connectivity index (χ3n) is 4.15. The summed E-state index contributed by atoms with van der Waals surface area (Å²) in [5.41, 5.74) is -0.110. The quantitative estimate of drug-likeness (QED) is 0.870. The van der Waals surface area contributed by atoms with Crippen molar-refractivity contribution in [3.63, 3.8) is 0 Å². The van der Waals surface area contributed by atoms with Gasteiger partial charge >= 0.3 is 5.97 Å². The first-order valence-corrected chi connectivity index (χ1v) is 8.09. The van der Waals surface area contributed by atoms with Crippen LogP contribution >= 0.6 is 11.6 Å². The molecule has 2 rings (SSSR count). The van der Waals surface area contributed by atoms with Crippen molar-refractivity contribution in [1.29, 1.82) is 0 Å². The average Bonchev–Trinajstić information content (AvgIpc) is 2.47. The van der Waals surface area contributed by atoms with Crippen LogP contribution < -0.4 is 4.90 Å². The van der Waals surface area contributed by atoms with Crippen LogP contribution in [-0.2, 0) is 0 Å². The first-order valence-electron chi connectivity index (χ1n) is 7.71. The van der Waals surface area contributed by atoms with E-state index in [1.54, 1.807) is 12.1 Å². The average molecular weight is 327 g/mol. The molecule has 0 amide bonds. The normalized spacial score (nSPS) is 17.8. The van der Waals surface area contributed by atoms with Crippen molar-refractivity contribution in [2.75, 3.05) is 18.0 Å². The van der Waals surface area contributed by atoms with Crippen molar-refractivity contribution in [2.45, 2.75) is 39.2 Å². The summed E-state index contributed by atoms with van der Waals surface area (Å²) in [6.45, 7) is 5.77. The highest BCUT2D eigenvalue weighted by Gasteiger charge is 2.26. The van der Waals surface area contributed by atoms with Gasteiger partial charge in [-0.2, -0.15) is 0 Å². The number of anilines is 1. The van der Waals surface area contributed by atoms with E-state index in [-0.39, 0.29) is 16.8 Å². The Morgan fingerprint density at radius 1 is 1.41 bits per heavy atom. The van der Waals surface area contributed by atoms with Gasteiger partial charge in [0.25, 0.3) is 0 Å². The minimum atomic E-state index is -1.12. The monoisotopic (exact) mass is 326 g/mol. The highest BCUT2D eigenvalue weighted by atomic mass is 35.5. The molecule has 0 unspecified atom stereocenters. The number of hydrogen-bond donors (Lipinski definition) is 2. The predicted molar refractivity (Wildman–Crippen MR) is 86.6 cm³/mol. The second kappa shape index (κ2) is 7.29. The Labute approximate surface area is 135 Å². The lowest BCUT2D eigenvalue weighted by atomic mass is 9.87. The molecule has 2 N–H and O–H groups in total. The Balaban J connectivity index is 2.00. The van der Waals surface area contributed by atoms with Gasteiger partial charge in [-0.25, -0.2) is 9.78 Å². The van der Waals surface area contributed by atoms with Crippen LogP contribution in [0.5, 0.6) is 0 Å². The number of aliphatic hydroxyl groups excluding tert-OH is 1. The Morgan fingerprint density at radius 2 is 2.05 bits per heavy atom. The lowest BCUT2D eigenvalue weighted by molar-refractivity contribution is 0.0691. The third kappa shape index (κ3) is 4.11. The van der Waals surface area contributed by atoms with Crippen LogP contribution in [0.1, 0.15) is 43.6 Å². The van der Waals surface area contributed by atoms with E-state index in [0.717, 1.165) is 32.4 Å². The SMILES string of the molecule is CC(C)C[C@@H](O)C1CCN(c2ccc(Cl)c(C(=O)O)n2)CC1. The largest absolute Gasteiger partial charge is 0.476 e. The first kappa shape index (κ1) is 17.0. The Morgan fingerprint density at radius 3 is 2.59 bits per heavy atom. The molecular weight excluding hydrogens is 304 g/mol. The number of aromatic carboxylic acids is 1. The number of hydrogen-bond acceptors (Lipinski definition) is 4. The van der Waals surface area contributed by atoms with Crippen molar-refractivity contribution in [3.05, 3.63) is 22.8 Å². The van der Waals surface area contributed by atoms with Crippen LogP contribution in [-0.4, -0.2) is 40.4 Å². The van der Waals surface area contributed by atoms with Crippen molar-refractivity contribution in [3.8, 4) is 0 Å². The van der Waals surface area contributed by atoms with E-state index in [1.807, 2.05) is 0 Å². The summed E-state index contributed by atoms with van der Waals surface area (Å²) in [4.78, 5) is 17.3. The number of rotatable bonds is 5. The van der Waals surface area contributed by atoms with Crippen LogP contribution in [0.3, 0.4) is 0 Å². The summed E-state index contributed by atoms with van der Waals surface area (Å²) in [7, 11) is 0. The molecule has 6 heteroatoms. The number of carboxylic acids is 1. The number of halogens is 1. The fourth-order valence-electron chi connectivity index (χ4n) is 2.95. The Hall–Kier alpha value is -1.33. The van der Waals surface area contributed by atoms with E-state index in [4.69, 9.17) is 16.7 Å². The highest BCUT2D eigenvalue weighted by molar-refractivity contribution is 6.33. The van der Waals surface area contributed by atoms with Gasteiger partial charge in [0.1, 0.15) is 5.82 Å². The molecule has 1 aliphatic rings. The number of aromatic nitrogens is 1. The van der Waals surface area contributed by atoms with E-state index >= 15 is 0 Å². The molecular formula is C16H23ClN2O3. The number of piperidine rings is 1. The molecule has 0 bridgehead atoms. The van der Waals surface area contributed by atoms with Gasteiger partial charge in [-0.15, -0.1) is 0 Å². The molecule has 1 aliphatic heterocycles. The molecule has 122 valence electrons. The molecule has 22 heavy (non-hydrogen) atoms. The summed E-state index contributed by atoms with van der Waals surface area (Å²) in [6, 6.07) is 3.33.